The molecule has 0 radical (unpaired) electrons. The lowest BCUT2D eigenvalue weighted by atomic mass is 10.2. The summed E-state index contributed by atoms with van der Waals surface area (Å²) < 4.78 is 12.7. The van der Waals surface area contributed by atoms with Gasteiger partial charge in [0.25, 0.3) is 5.89 Å². The first-order chi connectivity index (χ1) is 11.3. The number of aromatic nitrogens is 6. The molecule has 0 aliphatic carbocycles. The number of tetrazole rings is 1. The summed E-state index contributed by atoms with van der Waals surface area (Å²) in [6.07, 6.45) is 4.20. The fourth-order valence-electron chi connectivity index (χ4n) is 2.08. The lowest BCUT2D eigenvalue weighted by Gasteiger charge is -2.11. The molecule has 1 atom stereocenters. The Labute approximate surface area is 133 Å². The molecule has 23 heavy (non-hydrogen) atoms. The van der Waals surface area contributed by atoms with Crippen molar-refractivity contribution in [1.82, 2.24) is 30.3 Å². The lowest BCUT2D eigenvalue weighted by Crippen LogP contribution is -2.04. The summed E-state index contributed by atoms with van der Waals surface area (Å²) in [5.74, 6) is 1.93. The van der Waals surface area contributed by atoms with Crippen molar-refractivity contribution in [1.29, 1.82) is 0 Å². The fourth-order valence-corrected chi connectivity index (χ4v) is 2.08. The molecule has 3 rings (SSSR count). The van der Waals surface area contributed by atoms with E-state index >= 15 is 0 Å². The van der Waals surface area contributed by atoms with Crippen LogP contribution in [0.25, 0.3) is 5.69 Å². The van der Waals surface area contributed by atoms with E-state index in [9.17, 15) is 0 Å². The molecule has 0 saturated carbocycles. The zero-order valence-electron chi connectivity index (χ0n) is 13.1. The van der Waals surface area contributed by atoms with Gasteiger partial charge in [0.2, 0.25) is 0 Å². The van der Waals surface area contributed by atoms with E-state index in [0.29, 0.717) is 11.6 Å². The number of aryl methyl sites for hydroxylation is 1. The van der Waals surface area contributed by atoms with E-state index in [1.54, 1.807) is 4.68 Å². The number of unbranched alkanes of at least 4 members (excludes halogenated alkanes) is 1. The Kier molecular flexibility index (Phi) is 4.60. The predicted octanol–water partition coefficient (Wildman–Crippen LogP) is 2.53. The van der Waals surface area contributed by atoms with Crippen molar-refractivity contribution in [2.24, 2.45) is 0 Å². The average molecular weight is 314 g/mol. The van der Waals surface area contributed by atoms with Crippen molar-refractivity contribution in [3.05, 3.63) is 42.3 Å². The highest BCUT2D eigenvalue weighted by atomic mass is 16.5. The summed E-state index contributed by atoms with van der Waals surface area (Å²) in [5.41, 5.74) is 0.856. The molecule has 1 unspecified atom stereocenters. The molecule has 0 saturated heterocycles. The molecule has 0 aliphatic rings. The number of rotatable bonds is 7. The molecular weight excluding hydrogens is 296 g/mol. The summed E-state index contributed by atoms with van der Waals surface area (Å²) in [6.45, 7) is 4.01. The molecule has 8 nitrogen and oxygen atoms in total. The first kappa shape index (κ1) is 15.1. The zero-order chi connectivity index (χ0) is 16.1. The number of nitrogens with zero attached hydrogens (tertiary/aromatic N) is 6. The van der Waals surface area contributed by atoms with E-state index in [0.717, 1.165) is 30.8 Å². The van der Waals surface area contributed by atoms with Crippen molar-refractivity contribution >= 4 is 0 Å². The lowest BCUT2D eigenvalue weighted by molar-refractivity contribution is 0.175. The van der Waals surface area contributed by atoms with Gasteiger partial charge in [0, 0.05) is 6.42 Å². The fraction of sp³-hybridized carbons (Fsp3) is 0.400. The maximum atomic E-state index is 5.83. The monoisotopic (exact) mass is 314 g/mol. The van der Waals surface area contributed by atoms with Crippen molar-refractivity contribution in [2.45, 2.75) is 39.2 Å². The van der Waals surface area contributed by atoms with E-state index in [2.05, 4.69) is 32.6 Å². The van der Waals surface area contributed by atoms with Crippen LogP contribution in [0.3, 0.4) is 0 Å². The summed E-state index contributed by atoms with van der Waals surface area (Å²) in [6, 6.07) is 7.45. The zero-order valence-corrected chi connectivity index (χ0v) is 13.1. The third kappa shape index (κ3) is 3.71. The minimum Gasteiger partial charge on any atom is -0.481 e. The topological polar surface area (TPSA) is 91.8 Å². The van der Waals surface area contributed by atoms with Gasteiger partial charge in [-0.3, -0.25) is 0 Å². The van der Waals surface area contributed by atoms with Crippen LogP contribution in [0, 0.1) is 0 Å². The van der Waals surface area contributed by atoms with Gasteiger partial charge in [-0.05, 0) is 48.0 Å². The van der Waals surface area contributed by atoms with Gasteiger partial charge < -0.3 is 9.26 Å². The molecule has 0 amide bonds. The van der Waals surface area contributed by atoms with Gasteiger partial charge >= 0.3 is 0 Å². The quantitative estimate of drug-likeness (QED) is 0.661. The number of ether oxygens (including phenoxy) is 1. The molecule has 2 heterocycles. The Morgan fingerprint density at radius 3 is 2.78 bits per heavy atom. The second kappa shape index (κ2) is 6.99. The van der Waals surface area contributed by atoms with Crippen LogP contribution < -0.4 is 4.74 Å². The molecular formula is C15H18N6O2. The van der Waals surface area contributed by atoms with Gasteiger partial charge in [0.1, 0.15) is 12.1 Å². The van der Waals surface area contributed by atoms with Gasteiger partial charge in [0.15, 0.2) is 11.9 Å². The second-order valence-corrected chi connectivity index (χ2v) is 5.16. The predicted molar refractivity (Wildman–Crippen MR) is 81.1 cm³/mol. The highest BCUT2D eigenvalue weighted by molar-refractivity contribution is 5.36. The molecule has 3 aromatic rings. The number of hydrogen-bond donors (Lipinski definition) is 0. The second-order valence-electron chi connectivity index (χ2n) is 5.16. The Balaban J connectivity index is 1.63. The minimum atomic E-state index is -0.309. The van der Waals surface area contributed by atoms with E-state index in [4.69, 9.17) is 9.26 Å². The van der Waals surface area contributed by atoms with Crippen molar-refractivity contribution in [3.8, 4) is 11.4 Å². The van der Waals surface area contributed by atoms with Crippen LogP contribution in [0.15, 0.2) is 35.1 Å². The van der Waals surface area contributed by atoms with Crippen LogP contribution in [-0.4, -0.2) is 30.3 Å². The smallest absolute Gasteiger partial charge is 0.267 e. The molecule has 0 aliphatic heterocycles. The van der Waals surface area contributed by atoms with Crippen molar-refractivity contribution < 1.29 is 9.26 Å². The Morgan fingerprint density at radius 2 is 2.09 bits per heavy atom. The first-order valence-corrected chi connectivity index (χ1v) is 7.59. The Hall–Kier alpha value is -2.77. The first-order valence-electron chi connectivity index (χ1n) is 7.59. The molecule has 0 N–H and O–H groups in total. The summed E-state index contributed by atoms with van der Waals surface area (Å²) in [4.78, 5) is 4.37. The van der Waals surface area contributed by atoms with E-state index in [1.165, 1.54) is 6.33 Å². The molecule has 0 bridgehead atoms. The van der Waals surface area contributed by atoms with Crippen LogP contribution in [0.5, 0.6) is 5.75 Å². The molecule has 1 aromatic carbocycles. The highest BCUT2D eigenvalue weighted by Gasteiger charge is 2.15. The van der Waals surface area contributed by atoms with E-state index < -0.39 is 0 Å². The molecule has 0 fully saturated rings. The van der Waals surface area contributed by atoms with Gasteiger partial charge in [-0.15, -0.1) is 5.10 Å². The SMILES string of the molecule is CCCCc1noc(C(C)Oc2ccc(-n3cnnn3)cc2)n1. The van der Waals surface area contributed by atoms with Crippen LogP contribution in [-0.2, 0) is 6.42 Å². The Morgan fingerprint density at radius 1 is 1.26 bits per heavy atom. The summed E-state index contributed by atoms with van der Waals surface area (Å²) in [7, 11) is 0. The largest absolute Gasteiger partial charge is 0.481 e. The molecule has 2 aromatic heterocycles. The van der Waals surface area contributed by atoms with Gasteiger partial charge in [-0.1, -0.05) is 18.5 Å². The average Bonchev–Trinajstić information content (AvgIpc) is 3.25. The van der Waals surface area contributed by atoms with Gasteiger partial charge in [-0.2, -0.15) is 4.98 Å². The van der Waals surface area contributed by atoms with E-state index in [-0.39, 0.29) is 6.10 Å². The normalized spacial score (nSPS) is 12.3. The van der Waals surface area contributed by atoms with Crippen molar-refractivity contribution in [3.63, 3.8) is 0 Å². The summed E-state index contributed by atoms with van der Waals surface area (Å²) in [5, 5.41) is 15.0. The maximum absolute atomic E-state index is 5.83. The molecule has 0 spiro atoms. The maximum Gasteiger partial charge on any atom is 0.267 e. The summed E-state index contributed by atoms with van der Waals surface area (Å²) >= 11 is 0. The van der Waals surface area contributed by atoms with Crippen LogP contribution in [0.2, 0.25) is 0 Å². The molecule has 8 heteroatoms. The minimum absolute atomic E-state index is 0.309. The molecule has 120 valence electrons. The number of benzene rings is 1. The third-order valence-corrected chi connectivity index (χ3v) is 3.35. The van der Waals surface area contributed by atoms with Crippen LogP contribution >= 0.6 is 0 Å². The highest BCUT2D eigenvalue weighted by Crippen LogP contribution is 2.22. The van der Waals surface area contributed by atoms with Crippen LogP contribution in [0.4, 0.5) is 0 Å². The third-order valence-electron chi connectivity index (χ3n) is 3.35. The van der Waals surface area contributed by atoms with Crippen molar-refractivity contribution in [2.75, 3.05) is 0 Å². The van der Waals surface area contributed by atoms with Gasteiger partial charge in [-0.25, -0.2) is 4.68 Å². The van der Waals surface area contributed by atoms with Gasteiger partial charge in [0.05, 0.1) is 5.69 Å². The standard InChI is InChI=1S/C15H18N6O2/c1-3-4-5-14-17-15(23-18-14)11(2)22-13-8-6-12(7-9-13)21-10-16-19-20-21/h6-11H,3-5H2,1-2H3. The van der Waals surface area contributed by atoms with E-state index in [1.807, 2.05) is 31.2 Å². The Bertz CT molecular complexity index is 723. The van der Waals surface area contributed by atoms with Crippen LogP contribution in [0.1, 0.15) is 44.5 Å². The number of hydrogen-bond acceptors (Lipinski definition) is 7.